The van der Waals surface area contributed by atoms with Crippen molar-refractivity contribution < 1.29 is 9.90 Å². The second kappa shape index (κ2) is 2.88. The summed E-state index contributed by atoms with van der Waals surface area (Å²) in [6, 6.07) is 2.61. The Morgan fingerprint density at radius 2 is 2.33 bits per heavy atom. The number of H-pyrrole nitrogens is 1. The van der Waals surface area contributed by atoms with Crippen molar-refractivity contribution in [3.63, 3.8) is 0 Å². The Morgan fingerprint density at radius 3 is 2.83 bits per heavy atom. The number of rotatable bonds is 1. The summed E-state index contributed by atoms with van der Waals surface area (Å²) >= 11 is 0. The molecule has 0 saturated heterocycles. The number of nitriles is 1. The van der Waals surface area contributed by atoms with E-state index in [-0.39, 0.29) is 11.1 Å². The highest BCUT2D eigenvalue weighted by atomic mass is 16.4. The number of nitrogens with one attached hydrogen (secondary N) is 1. The van der Waals surface area contributed by atoms with Gasteiger partial charge in [-0.1, -0.05) is 0 Å². The van der Waals surface area contributed by atoms with Gasteiger partial charge in [-0.25, -0.2) is 4.79 Å². The van der Waals surface area contributed by atoms with Gasteiger partial charge in [0, 0.05) is 6.20 Å². The molecule has 0 spiro atoms. The molecule has 60 valence electrons. The van der Waals surface area contributed by atoms with E-state index in [1.54, 1.807) is 6.07 Å². The second-order valence-electron chi connectivity index (χ2n) is 2.05. The third-order valence-electron chi connectivity index (χ3n) is 1.27. The van der Waals surface area contributed by atoms with Gasteiger partial charge in [-0.3, -0.25) is 4.79 Å². The van der Waals surface area contributed by atoms with Gasteiger partial charge in [0.25, 0.3) is 5.56 Å². The minimum Gasteiger partial charge on any atom is -0.478 e. The van der Waals surface area contributed by atoms with Gasteiger partial charge in [-0.15, -0.1) is 0 Å². The predicted molar refractivity (Wildman–Crippen MR) is 38.7 cm³/mol. The second-order valence-corrected chi connectivity index (χ2v) is 2.05. The lowest BCUT2D eigenvalue weighted by Crippen LogP contribution is -2.11. The molecule has 1 heterocycles. The standard InChI is InChI=1S/C7H4N2O3/c8-2-4-1-5(7(11)12)3-9-6(4)10/h1,3H,(H,9,10)(H,11,12). The molecule has 0 aliphatic carbocycles. The highest BCUT2D eigenvalue weighted by Crippen LogP contribution is 1.96. The van der Waals surface area contributed by atoms with Crippen LogP contribution in [-0.2, 0) is 0 Å². The first-order valence-corrected chi connectivity index (χ1v) is 3.01. The van der Waals surface area contributed by atoms with Crippen LogP contribution in [0.3, 0.4) is 0 Å². The summed E-state index contributed by atoms with van der Waals surface area (Å²) in [4.78, 5) is 23.2. The first kappa shape index (κ1) is 8.01. The SMILES string of the molecule is N#Cc1cc(C(=O)O)c[nH]c1=O. The summed E-state index contributed by atoms with van der Waals surface area (Å²) in [5.41, 5.74) is -0.886. The van der Waals surface area contributed by atoms with Crippen LogP contribution in [0.1, 0.15) is 15.9 Å². The van der Waals surface area contributed by atoms with Crippen LogP contribution in [0.15, 0.2) is 17.1 Å². The van der Waals surface area contributed by atoms with Crippen LogP contribution in [0.2, 0.25) is 0 Å². The zero-order valence-electron chi connectivity index (χ0n) is 5.87. The molecule has 0 bridgehead atoms. The maximum atomic E-state index is 10.8. The molecule has 5 heteroatoms. The number of hydrogen-bond acceptors (Lipinski definition) is 3. The van der Waals surface area contributed by atoms with Crippen molar-refractivity contribution in [3.8, 4) is 6.07 Å². The molecular weight excluding hydrogens is 160 g/mol. The normalized spacial score (nSPS) is 8.92. The molecule has 0 aromatic carbocycles. The maximum absolute atomic E-state index is 10.8. The van der Waals surface area contributed by atoms with E-state index >= 15 is 0 Å². The molecule has 1 aromatic rings. The van der Waals surface area contributed by atoms with Crippen molar-refractivity contribution in [3.05, 3.63) is 33.7 Å². The van der Waals surface area contributed by atoms with Crippen LogP contribution in [0, 0.1) is 11.3 Å². The van der Waals surface area contributed by atoms with Crippen LogP contribution >= 0.6 is 0 Å². The van der Waals surface area contributed by atoms with E-state index in [2.05, 4.69) is 4.98 Å². The Kier molecular flexibility index (Phi) is 1.92. The van der Waals surface area contributed by atoms with E-state index in [1.165, 1.54) is 0 Å². The van der Waals surface area contributed by atoms with Gasteiger partial charge in [0.15, 0.2) is 0 Å². The lowest BCUT2D eigenvalue weighted by molar-refractivity contribution is 0.0696. The fourth-order valence-corrected chi connectivity index (χ4v) is 0.690. The monoisotopic (exact) mass is 164 g/mol. The van der Waals surface area contributed by atoms with E-state index < -0.39 is 11.5 Å². The number of carboxylic acid groups (broad SMARTS) is 1. The fraction of sp³-hybridized carbons (Fsp3) is 0. The predicted octanol–water partition coefficient (Wildman–Crippen LogP) is -0.0552. The van der Waals surface area contributed by atoms with Crippen molar-refractivity contribution in [2.24, 2.45) is 0 Å². The molecule has 0 saturated carbocycles. The topological polar surface area (TPSA) is 93.9 Å². The van der Waals surface area contributed by atoms with Crippen molar-refractivity contribution >= 4 is 5.97 Å². The van der Waals surface area contributed by atoms with E-state index in [0.717, 1.165) is 12.3 Å². The summed E-state index contributed by atoms with van der Waals surface area (Å²) in [6.45, 7) is 0. The Bertz CT molecular complexity index is 413. The fourth-order valence-electron chi connectivity index (χ4n) is 0.690. The number of pyridine rings is 1. The number of nitrogens with zero attached hydrogens (tertiary/aromatic N) is 1. The number of aromatic carboxylic acids is 1. The highest BCUT2D eigenvalue weighted by molar-refractivity contribution is 5.87. The summed E-state index contributed by atoms with van der Waals surface area (Å²) < 4.78 is 0. The quantitative estimate of drug-likeness (QED) is 0.608. The smallest absolute Gasteiger partial charge is 0.337 e. The molecule has 1 aromatic heterocycles. The molecule has 0 aliphatic rings. The summed E-state index contributed by atoms with van der Waals surface area (Å²) in [6.07, 6.45) is 1.05. The average molecular weight is 164 g/mol. The lowest BCUT2D eigenvalue weighted by atomic mass is 10.2. The van der Waals surface area contributed by atoms with Gasteiger partial charge in [0.2, 0.25) is 0 Å². The van der Waals surface area contributed by atoms with E-state index in [1.807, 2.05) is 0 Å². The minimum atomic E-state index is -1.18. The van der Waals surface area contributed by atoms with Crippen molar-refractivity contribution in [1.82, 2.24) is 4.98 Å². The van der Waals surface area contributed by atoms with Crippen molar-refractivity contribution in [2.45, 2.75) is 0 Å². The van der Waals surface area contributed by atoms with Crippen molar-refractivity contribution in [1.29, 1.82) is 5.26 Å². The Labute approximate surface area is 66.9 Å². The molecular formula is C7H4N2O3. The van der Waals surface area contributed by atoms with E-state index in [0.29, 0.717) is 0 Å². The van der Waals surface area contributed by atoms with Crippen LogP contribution in [-0.4, -0.2) is 16.1 Å². The number of hydrogen-bond donors (Lipinski definition) is 2. The van der Waals surface area contributed by atoms with E-state index in [4.69, 9.17) is 10.4 Å². The molecule has 0 amide bonds. The zero-order chi connectivity index (χ0) is 9.14. The Balaban J connectivity index is 3.35. The molecule has 0 radical (unpaired) electrons. The first-order valence-electron chi connectivity index (χ1n) is 3.01. The average Bonchev–Trinajstić information content (AvgIpc) is 2.05. The number of aromatic amines is 1. The Hall–Kier alpha value is -2.09. The number of carboxylic acids is 1. The van der Waals surface area contributed by atoms with E-state index in [9.17, 15) is 9.59 Å². The summed E-state index contributed by atoms with van der Waals surface area (Å²) in [5, 5.41) is 16.8. The Morgan fingerprint density at radius 1 is 1.67 bits per heavy atom. The lowest BCUT2D eigenvalue weighted by Gasteiger charge is -1.92. The minimum absolute atomic E-state index is 0.105. The maximum Gasteiger partial charge on any atom is 0.337 e. The first-order chi connectivity index (χ1) is 5.65. The zero-order valence-corrected chi connectivity index (χ0v) is 5.87. The van der Waals surface area contributed by atoms with Gasteiger partial charge in [-0.05, 0) is 6.07 Å². The van der Waals surface area contributed by atoms with Gasteiger partial charge in [0.05, 0.1) is 5.56 Å². The van der Waals surface area contributed by atoms with Gasteiger partial charge in [0.1, 0.15) is 11.6 Å². The largest absolute Gasteiger partial charge is 0.478 e. The molecule has 0 aliphatic heterocycles. The molecule has 0 unspecified atom stereocenters. The van der Waals surface area contributed by atoms with Crippen LogP contribution in [0.25, 0.3) is 0 Å². The van der Waals surface area contributed by atoms with Gasteiger partial charge < -0.3 is 10.1 Å². The molecule has 0 fully saturated rings. The van der Waals surface area contributed by atoms with Crippen LogP contribution < -0.4 is 5.56 Å². The molecule has 5 nitrogen and oxygen atoms in total. The highest BCUT2D eigenvalue weighted by Gasteiger charge is 2.05. The summed E-state index contributed by atoms with van der Waals surface area (Å²) in [7, 11) is 0. The third kappa shape index (κ3) is 1.32. The van der Waals surface area contributed by atoms with Gasteiger partial charge in [-0.2, -0.15) is 5.26 Å². The van der Waals surface area contributed by atoms with Crippen molar-refractivity contribution in [2.75, 3.05) is 0 Å². The third-order valence-corrected chi connectivity index (χ3v) is 1.27. The van der Waals surface area contributed by atoms with Crippen LogP contribution in [0.4, 0.5) is 0 Å². The number of aromatic nitrogens is 1. The molecule has 0 atom stereocenters. The molecule has 1 rings (SSSR count). The van der Waals surface area contributed by atoms with Crippen LogP contribution in [0.5, 0.6) is 0 Å². The summed E-state index contributed by atoms with van der Waals surface area (Å²) in [5.74, 6) is -1.18. The van der Waals surface area contributed by atoms with Gasteiger partial charge >= 0.3 is 5.97 Å². The molecule has 2 N–H and O–H groups in total. The molecule has 12 heavy (non-hydrogen) atoms. The number of carbonyl (C=O) groups is 1.